The standard InChI is InChI=1S/C27H36FN3O4S/c1-20(2)18-29-27(33)21(3)31(19-23-6-11-24(28)12-7-23)26(32)15-10-22-8-13-25(14-9-22)36(34,35)30-16-4-5-17-30/h6-9,11-14,20-21H,4-5,10,15-19H2,1-3H3,(H,29,33)/t21-/m0/s1. The van der Waals surface area contributed by atoms with Crippen molar-refractivity contribution in [1.82, 2.24) is 14.5 Å². The summed E-state index contributed by atoms with van der Waals surface area (Å²) in [6.07, 6.45) is 2.31. The normalized spacial score (nSPS) is 15.1. The number of nitrogens with one attached hydrogen (secondary N) is 1. The summed E-state index contributed by atoms with van der Waals surface area (Å²) in [4.78, 5) is 27.7. The highest BCUT2D eigenvalue weighted by Crippen LogP contribution is 2.22. The number of aryl methyl sites for hydroxylation is 1. The van der Waals surface area contributed by atoms with Gasteiger partial charge in [-0.2, -0.15) is 4.31 Å². The average Bonchev–Trinajstić information content (AvgIpc) is 3.41. The molecule has 0 aliphatic carbocycles. The Kier molecular flexibility index (Phi) is 9.62. The van der Waals surface area contributed by atoms with Crippen molar-refractivity contribution in [2.75, 3.05) is 19.6 Å². The van der Waals surface area contributed by atoms with E-state index in [4.69, 9.17) is 0 Å². The Balaban J connectivity index is 1.68. The summed E-state index contributed by atoms with van der Waals surface area (Å²) >= 11 is 0. The molecule has 0 spiro atoms. The fraction of sp³-hybridized carbons (Fsp3) is 0.481. The van der Waals surface area contributed by atoms with Gasteiger partial charge in [0.05, 0.1) is 4.90 Å². The number of rotatable bonds is 11. The molecule has 1 saturated heterocycles. The van der Waals surface area contributed by atoms with Crippen LogP contribution in [0.3, 0.4) is 0 Å². The first-order chi connectivity index (χ1) is 17.1. The van der Waals surface area contributed by atoms with Crippen LogP contribution in [0.1, 0.15) is 51.2 Å². The molecule has 1 fully saturated rings. The van der Waals surface area contributed by atoms with Crippen LogP contribution in [0, 0.1) is 11.7 Å². The molecule has 0 bridgehead atoms. The smallest absolute Gasteiger partial charge is 0.243 e. The van der Waals surface area contributed by atoms with E-state index in [0.717, 1.165) is 24.0 Å². The van der Waals surface area contributed by atoms with E-state index in [-0.39, 0.29) is 41.4 Å². The number of sulfonamides is 1. The molecule has 2 aromatic carbocycles. The van der Waals surface area contributed by atoms with Crippen molar-refractivity contribution in [1.29, 1.82) is 0 Å². The van der Waals surface area contributed by atoms with Crippen LogP contribution in [-0.2, 0) is 32.6 Å². The van der Waals surface area contributed by atoms with Gasteiger partial charge in [0.15, 0.2) is 0 Å². The van der Waals surface area contributed by atoms with Crippen molar-refractivity contribution >= 4 is 21.8 Å². The van der Waals surface area contributed by atoms with Crippen LogP contribution in [0.25, 0.3) is 0 Å². The first-order valence-electron chi connectivity index (χ1n) is 12.5. The van der Waals surface area contributed by atoms with Gasteiger partial charge in [0.2, 0.25) is 21.8 Å². The summed E-state index contributed by atoms with van der Waals surface area (Å²) in [7, 11) is -3.48. The van der Waals surface area contributed by atoms with E-state index in [1.54, 1.807) is 43.3 Å². The van der Waals surface area contributed by atoms with E-state index in [2.05, 4.69) is 5.32 Å². The zero-order chi connectivity index (χ0) is 26.3. The van der Waals surface area contributed by atoms with E-state index in [9.17, 15) is 22.4 Å². The summed E-state index contributed by atoms with van der Waals surface area (Å²) < 4.78 is 40.3. The molecule has 36 heavy (non-hydrogen) atoms. The molecule has 1 N–H and O–H groups in total. The molecule has 0 aromatic heterocycles. The minimum atomic E-state index is -3.48. The van der Waals surface area contributed by atoms with Crippen molar-refractivity contribution in [2.24, 2.45) is 5.92 Å². The fourth-order valence-corrected chi connectivity index (χ4v) is 5.64. The molecule has 2 amide bonds. The second kappa shape index (κ2) is 12.5. The van der Waals surface area contributed by atoms with Crippen LogP contribution >= 0.6 is 0 Å². The largest absolute Gasteiger partial charge is 0.354 e. The van der Waals surface area contributed by atoms with Crippen LogP contribution in [0.15, 0.2) is 53.4 Å². The molecular weight excluding hydrogens is 481 g/mol. The van der Waals surface area contributed by atoms with Gasteiger partial charge in [-0.3, -0.25) is 9.59 Å². The summed E-state index contributed by atoms with van der Waals surface area (Å²) in [5, 5.41) is 2.88. The monoisotopic (exact) mass is 517 g/mol. The van der Waals surface area contributed by atoms with E-state index in [1.807, 2.05) is 13.8 Å². The molecule has 2 aromatic rings. The minimum absolute atomic E-state index is 0.154. The van der Waals surface area contributed by atoms with Gasteiger partial charge < -0.3 is 10.2 Å². The molecule has 0 saturated carbocycles. The lowest BCUT2D eigenvalue weighted by Gasteiger charge is -2.29. The molecule has 3 rings (SSSR count). The van der Waals surface area contributed by atoms with Crippen molar-refractivity contribution in [3.63, 3.8) is 0 Å². The molecule has 0 unspecified atom stereocenters. The molecule has 7 nitrogen and oxygen atoms in total. The number of amides is 2. The predicted molar refractivity (Wildman–Crippen MR) is 137 cm³/mol. The van der Waals surface area contributed by atoms with Gasteiger partial charge in [0, 0.05) is 32.6 Å². The number of carbonyl (C=O) groups excluding carboxylic acids is 2. The second-order valence-corrected chi connectivity index (χ2v) is 11.7. The van der Waals surface area contributed by atoms with Gasteiger partial charge in [-0.1, -0.05) is 38.1 Å². The van der Waals surface area contributed by atoms with Gasteiger partial charge in [-0.05, 0) is 67.5 Å². The van der Waals surface area contributed by atoms with Gasteiger partial charge in [-0.15, -0.1) is 0 Å². The lowest BCUT2D eigenvalue weighted by atomic mass is 10.1. The highest BCUT2D eigenvalue weighted by atomic mass is 32.2. The third kappa shape index (κ3) is 7.36. The maximum Gasteiger partial charge on any atom is 0.243 e. The van der Waals surface area contributed by atoms with Crippen LogP contribution < -0.4 is 5.32 Å². The minimum Gasteiger partial charge on any atom is -0.354 e. The zero-order valence-corrected chi connectivity index (χ0v) is 22.1. The number of hydrogen-bond donors (Lipinski definition) is 1. The van der Waals surface area contributed by atoms with Crippen molar-refractivity contribution in [2.45, 2.75) is 63.9 Å². The summed E-state index contributed by atoms with van der Waals surface area (Å²) in [5.74, 6) is -0.537. The third-order valence-electron chi connectivity index (χ3n) is 6.37. The highest BCUT2D eigenvalue weighted by Gasteiger charge is 2.28. The Morgan fingerprint density at radius 2 is 1.56 bits per heavy atom. The molecule has 0 radical (unpaired) electrons. The number of nitrogens with zero attached hydrogens (tertiary/aromatic N) is 2. The van der Waals surface area contributed by atoms with E-state index in [1.165, 1.54) is 21.3 Å². The number of carbonyl (C=O) groups is 2. The van der Waals surface area contributed by atoms with Crippen molar-refractivity contribution < 1.29 is 22.4 Å². The first kappa shape index (κ1) is 27.8. The van der Waals surface area contributed by atoms with Gasteiger partial charge >= 0.3 is 0 Å². The Morgan fingerprint density at radius 1 is 0.972 bits per heavy atom. The summed E-state index contributed by atoms with van der Waals surface area (Å²) in [6.45, 7) is 7.46. The number of halogens is 1. The molecule has 196 valence electrons. The Hall–Kier alpha value is -2.78. The summed E-state index contributed by atoms with van der Waals surface area (Å²) in [6, 6.07) is 11.8. The number of hydrogen-bond acceptors (Lipinski definition) is 4. The quantitative estimate of drug-likeness (QED) is 0.492. The highest BCUT2D eigenvalue weighted by molar-refractivity contribution is 7.89. The SMILES string of the molecule is CC(C)CNC(=O)[C@H](C)N(Cc1ccc(F)cc1)C(=O)CCc1ccc(S(=O)(=O)N2CCCC2)cc1. The van der Waals surface area contributed by atoms with Crippen molar-refractivity contribution in [3.05, 3.63) is 65.5 Å². The van der Waals surface area contributed by atoms with Gasteiger partial charge in [0.1, 0.15) is 11.9 Å². The molecule has 9 heteroatoms. The zero-order valence-electron chi connectivity index (χ0n) is 21.2. The Morgan fingerprint density at radius 3 is 2.14 bits per heavy atom. The summed E-state index contributed by atoms with van der Waals surface area (Å²) in [5.41, 5.74) is 1.56. The molecule has 1 aliphatic heterocycles. The molecule has 1 aliphatic rings. The van der Waals surface area contributed by atoms with Crippen LogP contribution in [0.5, 0.6) is 0 Å². The molecular formula is C27H36FN3O4S. The molecule has 1 atom stereocenters. The first-order valence-corrected chi connectivity index (χ1v) is 13.9. The lowest BCUT2D eigenvalue weighted by Crippen LogP contribution is -2.48. The van der Waals surface area contributed by atoms with E-state index in [0.29, 0.717) is 26.1 Å². The van der Waals surface area contributed by atoms with Crippen LogP contribution in [0.2, 0.25) is 0 Å². The average molecular weight is 518 g/mol. The van der Waals surface area contributed by atoms with Gasteiger partial charge in [-0.25, -0.2) is 12.8 Å². The van der Waals surface area contributed by atoms with E-state index < -0.39 is 16.1 Å². The Labute approximate surface area is 213 Å². The lowest BCUT2D eigenvalue weighted by molar-refractivity contribution is -0.140. The molecule has 1 heterocycles. The third-order valence-corrected chi connectivity index (χ3v) is 8.28. The van der Waals surface area contributed by atoms with E-state index >= 15 is 0 Å². The fourth-order valence-electron chi connectivity index (χ4n) is 4.12. The topological polar surface area (TPSA) is 86.8 Å². The maximum atomic E-state index is 13.4. The van der Waals surface area contributed by atoms with Crippen LogP contribution in [-0.4, -0.2) is 55.1 Å². The second-order valence-electron chi connectivity index (χ2n) is 9.72. The van der Waals surface area contributed by atoms with Crippen molar-refractivity contribution in [3.8, 4) is 0 Å². The number of benzene rings is 2. The maximum absolute atomic E-state index is 13.4. The predicted octanol–water partition coefficient (Wildman–Crippen LogP) is 3.73. The van der Waals surface area contributed by atoms with Gasteiger partial charge in [0.25, 0.3) is 0 Å². The Bertz CT molecular complexity index is 1130. The van der Waals surface area contributed by atoms with Crippen LogP contribution in [0.4, 0.5) is 4.39 Å².